The average molecular weight is 348 g/mol. The highest BCUT2D eigenvalue weighted by molar-refractivity contribution is 14.1. The maximum Gasteiger partial charge on any atom is 0.199 e. The topological polar surface area (TPSA) is 89.3 Å². The minimum atomic E-state index is -0.262. The van der Waals surface area contributed by atoms with E-state index in [4.69, 9.17) is 11.5 Å². The molecule has 0 saturated carbocycles. The Morgan fingerprint density at radius 3 is 2.65 bits per heavy atom. The molecular formula is C12H17IN2O2. The van der Waals surface area contributed by atoms with Crippen LogP contribution < -0.4 is 11.5 Å². The summed E-state index contributed by atoms with van der Waals surface area (Å²) in [5.74, 6) is -0.385. The SMILES string of the molecule is CCCCC(C(=O)I)c1ccc(N)c(O)c1N. The zero-order valence-electron chi connectivity index (χ0n) is 9.74. The molecule has 1 aromatic carbocycles. The number of benzene rings is 1. The molecular weight excluding hydrogens is 331 g/mol. The molecule has 5 heteroatoms. The molecule has 5 N–H and O–H groups in total. The Bertz CT molecular complexity index is 421. The molecule has 94 valence electrons. The first-order chi connectivity index (χ1) is 7.99. The van der Waals surface area contributed by atoms with Crippen molar-refractivity contribution in [3.8, 4) is 5.75 Å². The molecule has 0 aliphatic carbocycles. The van der Waals surface area contributed by atoms with E-state index in [1.54, 1.807) is 34.7 Å². The first-order valence-electron chi connectivity index (χ1n) is 5.55. The number of hydrogen-bond acceptors (Lipinski definition) is 4. The van der Waals surface area contributed by atoms with Gasteiger partial charge in [-0.2, -0.15) is 0 Å². The summed E-state index contributed by atoms with van der Waals surface area (Å²) < 4.78 is 0.0342. The van der Waals surface area contributed by atoms with Gasteiger partial charge in [-0.3, -0.25) is 4.79 Å². The second kappa shape index (κ2) is 6.09. The van der Waals surface area contributed by atoms with Crippen LogP contribution in [0.2, 0.25) is 0 Å². The second-order valence-corrected chi connectivity index (χ2v) is 5.07. The fourth-order valence-electron chi connectivity index (χ4n) is 1.74. The van der Waals surface area contributed by atoms with E-state index in [2.05, 4.69) is 6.92 Å². The minimum Gasteiger partial charge on any atom is -0.504 e. The lowest BCUT2D eigenvalue weighted by molar-refractivity contribution is -0.110. The number of phenols is 1. The zero-order valence-corrected chi connectivity index (χ0v) is 11.9. The largest absolute Gasteiger partial charge is 0.504 e. The van der Waals surface area contributed by atoms with Crippen molar-refractivity contribution in [3.05, 3.63) is 17.7 Å². The van der Waals surface area contributed by atoms with Gasteiger partial charge in [0.15, 0.2) is 9.54 Å². The molecule has 1 atom stereocenters. The first kappa shape index (κ1) is 14.1. The number of unbranched alkanes of at least 4 members (excludes halogenated alkanes) is 1. The first-order valence-corrected chi connectivity index (χ1v) is 6.63. The molecule has 0 saturated heterocycles. The Kier molecular flexibility index (Phi) is 5.04. The predicted octanol–water partition coefficient (Wildman–Crippen LogP) is 2.79. The van der Waals surface area contributed by atoms with Crippen LogP contribution in [-0.2, 0) is 4.79 Å². The van der Waals surface area contributed by atoms with Gasteiger partial charge < -0.3 is 16.6 Å². The predicted molar refractivity (Wildman–Crippen MR) is 78.2 cm³/mol. The van der Waals surface area contributed by atoms with Gasteiger partial charge in [-0.05, 0) is 18.1 Å². The Labute approximate surface area is 115 Å². The number of carbonyl (C=O) groups is 1. The second-order valence-electron chi connectivity index (χ2n) is 4.01. The Balaban J connectivity index is 3.10. The quantitative estimate of drug-likeness (QED) is 0.330. The van der Waals surface area contributed by atoms with E-state index >= 15 is 0 Å². The van der Waals surface area contributed by atoms with E-state index in [1.807, 2.05) is 0 Å². The normalized spacial score (nSPS) is 12.4. The van der Waals surface area contributed by atoms with Gasteiger partial charge in [-0.1, -0.05) is 25.8 Å². The van der Waals surface area contributed by atoms with Crippen LogP contribution in [0.15, 0.2) is 12.1 Å². The van der Waals surface area contributed by atoms with Crippen molar-refractivity contribution < 1.29 is 9.90 Å². The Hall–Kier alpha value is -0.980. The van der Waals surface area contributed by atoms with Crippen LogP contribution in [0.1, 0.15) is 37.7 Å². The van der Waals surface area contributed by atoms with Crippen molar-refractivity contribution in [2.45, 2.75) is 32.1 Å². The van der Waals surface area contributed by atoms with Gasteiger partial charge >= 0.3 is 0 Å². The molecule has 0 aromatic heterocycles. The fraction of sp³-hybridized carbons (Fsp3) is 0.417. The third-order valence-corrected chi connectivity index (χ3v) is 3.53. The van der Waals surface area contributed by atoms with Crippen LogP contribution in [0.3, 0.4) is 0 Å². The molecule has 4 nitrogen and oxygen atoms in total. The number of anilines is 2. The highest BCUT2D eigenvalue weighted by atomic mass is 127. The van der Waals surface area contributed by atoms with E-state index in [0.29, 0.717) is 5.56 Å². The van der Waals surface area contributed by atoms with Crippen molar-refractivity contribution in [2.24, 2.45) is 0 Å². The zero-order chi connectivity index (χ0) is 13.0. The van der Waals surface area contributed by atoms with Crippen molar-refractivity contribution >= 4 is 37.8 Å². The minimum absolute atomic E-state index is 0.0342. The number of nitrogen functional groups attached to an aromatic ring is 2. The Morgan fingerprint density at radius 1 is 1.47 bits per heavy atom. The molecule has 0 amide bonds. The summed E-state index contributed by atoms with van der Waals surface area (Å²) in [5.41, 5.74) is 12.5. The smallest absolute Gasteiger partial charge is 0.199 e. The number of halogens is 1. The maximum absolute atomic E-state index is 11.6. The molecule has 1 rings (SSSR count). The highest BCUT2D eigenvalue weighted by Gasteiger charge is 2.22. The van der Waals surface area contributed by atoms with Crippen LogP contribution in [-0.4, -0.2) is 8.90 Å². The van der Waals surface area contributed by atoms with Gasteiger partial charge in [0.1, 0.15) is 0 Å². The summed E-state index contributed by atoms with van der Waals surface area (Å²) in [6, 6.07) is 3.31. The van der Waals surface area contributed by atoms with E-state index < -0.39 is 0 Å². The van der Waals surface area contributed by atoms with Crippen molar-refractivity contribution in [1.29, 1.82) is 0 Å². The summed E-state index contributed by atoms with van der Waals surface area (Å²) in [7, 11) is 0. The van der Waals surface area contributed by atoms with Crippen LogP contribution in [0.25, 0.3) is 0 Å². The molecule has 1 aromatic rings. The van der Waals surface area contributed by atoms with E-state index in [0.717, 1.165) is 19.3 Å². The number of aromatic hydroxyl groups is 1. The van der Waals surface area contributed by atoms with Gasteiger partial charge in [-0.15, -0.1) is 0 Å². The summed E-state index contributed by atoms with van der Waals surface area (Å²) in [5, 5.41) is 9.68. The number of nitrogens with two attached hydrogens (primary N) is 2. The lowest BCUT2D eigenvalue weighted by Crippen LogP contribution is -2.10. The summed E-state index contributed by atoms with van der Waals surface area (Å²) >= 11 is 1.78. The molecule has 0 aliphatic rings. The van der Waals surface area contributed by atoms with Crippen LogP contribution in [0, 0.1) is 0 Å². The number of carbonyl (C=O) groups excluding carboxylic acids is 1. The Morgan fingerprint density at radius 2 is 2.12 bits per heavy atom. The lowest BCUT2D eigenvalue weighted by Gasteiger charge is -2.16. The average Bonchev–Trinajstić information content (AvgIpc) is 2.28. The van der Waals surface area contributed by atoms with Crippen molar-refractivity contribution in [1.82, 2.24) is 0 Å². The molecule has 0 aliphatic heterocycles. The summed E-state index contributed by atoms with van der Waals surface area (Å²) in [6.07, 6.45) is 2.71. The third kappa shape index (κ3) is 3.24. The van der Waals surface area contributed by atoms with Crippen LogP contribution >= 0.6 is 22.6 Å². The molecule has 0 heterocycles. The van der Waals surface area contributed by atoms with Gasteiger partial charge in [0.2, 0.25) is 0 Å². The van der Waals surface area contributed by atoms with Crippen LogP contribution in [0.5, 0.6) is 5.75 Å². The van der Waals surface area contributed by atoms with E-state index in [1.165, 1.54) is 0 Å². The summed E-state index contributed by atoms with van der Waals surface area (Å²) in [4.78, 5) is 11.6. The molecule has 1 unspecified atom stereocenters. The monoisotopic (exact) mass is 348 g/mol. The molecule has 0 fully saturated rings. The number of phenolic OH excluding ortho intramolecular Hbond substituents is 1. The summed E-state index contributed by atoms with van der Waals surface area (Å²) in [6.45, 7) is 2.07. The standard InChI is InChI=1S/C12H17IN2O2/c1-2-3-4-8(12(13)17)7-5-6-9(14)11(16)10(7)15/h5-6,8,16H,2-4,14-15H2,1H3. The highest BCUT2D eigenvalue weighted by Crippen LogP contribution is 2.37. The molecule has 0 radical (unpaired) electrons. The van der Waals surface area contributed by atoms with E-state index in [-0.39, 0.29) is 26.8 Å². The van der Waals surface area contributed by atoms with E-state index in [9.17, 15) is 9.90 Å². The molecule has 0 spiro atoms. The van der Waals surface area contributed by atoms with Gasteiger partial charge in [-0.25, -0.2) is 0 Å². The third-order valence-electron chi connectivity index (χ3n) is 2.78. The maximum atomic E-state index is 11.6. The lowest BCUT2D eigenvalue weighted by atomic mass is 9.93. The van der Waals surface area contributed by atoms with Gasteiger partial charge in [0.25, 0.3) is 0 Å². The van der Waals surface area contributed by atoms with Crippen LogP contribution in [0.4, 0.5) is 11.4 Å². The molecule has 17 heavy (non-hydrogen) atoms. The number of rotatable bonds is 5. The van der Waals surface area contributed by atoms with Crippen molar-refractivity contribution in [2.75, 3.05) is 11.5 Å². The fourth-order valence-corrected chi connectivity index (χ4v) is 2.39. The van der Waals surface area contributed by atoms with Crippen molar-refractivity contribution in [3.63, 3.8) is 0 Å². The van der Waals surface area contributed by atoms with Gasteiger partial charge in [0, 0.05) is 22.6 Å². The molecule has 0 bridgehead atoms. The number of hydrogen-bond donors (Lipinski definition) is 3. The van der Waals surface area contributed by atoms with Gasteiger partial charge in [0.05, 0.1) is 17.3 Å².